The number of halogens is 1. The summed E-state index contributed by atoms with van der Waals surface area (Å²) in [5, 5.41) is 11.2. The Hall–Kier alpha value is -1.91. The molecule has 0 atom stereocenters. The molecule has 0 aliphatic heterocycles. The van der Waals surface area contributed by atoms with Gasteiger partial charge in [0.05, 0.1) is 6.21 Å². The summed E-state index contributed by atoms with van der Waals surface area (Å²) in [6.07, 6.45) is 7.61. The van der Waals surface area contributed by atoms with E-state index in [1.807, 2.05) is 25.1 Å². The molecule has 1 N–H and O–H groups in total. The molecular formula is C14H13BrN4OS. The van der Waals surface area contributed by atoms with E-state index in [4.69, 9.17) is 23.4 Å². The standard InChI is InChI=1S/C14H13BrN4OS/c1-3-7-20-12-6-5-11(15)8-10(12)9-16-19-13(4-2)17-18-14(19)21/h1,5-6,8-9H,4,7H2,2H3,(H,18,21)/b16-9-. The zero-order valence-corrected chi connectivity index (χ0v) is 13.7. The van der Waals surface area contributed by atoms with Crippen molar-refractivity contribution in [1.29, 1.82) is 0 Å². The number of aromatic amines is 1. The highest BCUT2D eigenvalue weighted by atomic mass is 79.9. The van der Waals surface area contributed by atoms with Gasteiger partial charge in [0, 0.05) is 16.5 Å². The van der Waals surface area contributed by atoms with Gasteiger partial charge in [-0.2, -0.15) is 14.9 Å². The number of hydrogen-bond donors (Lipinski definition) is 1. The Kier molecular flexibility index (Phi) is 5.31. The maximum Gasteiger partial charge on any atom is 0.216 e. The van der Waals surface area contributed by atoms with E-state index < -0.39 is 0 Å². The number of aromatic nitrogens is 3. The van der Waals surface area contributed by atoms with Crippen LogP contribution in [0.1, 0.15) is 18.3 Å². The molecule has 1 aromatic carbocycles. The smallest absolute Gasteiger partial charge is 0.216 e. The molecule has 21 heavy (non-hydrogen) atoms. The summed E-state index contributed by atoms with van der Waals surface area (Å²) >= 11 is 8.57. The largest absolute Gasteiger partial charge is 0.480 e. The van der Waals surface area contributed by atoms with Crippen LogP contribution < -0.4 is 4.74 Å². The number of nitrogens with one attached hydrogen (secondary N) is 1. The van der Waals surface area contributed by atoms with Crippen LogP contribution in [-0.2, 0) is 6.42 Å². The van der Waals surface area contributed by atoms with Gasteiger partial charge >= 0.3 is 0 Å². The van der Waals surface area contributed by atoms with E-state index >= 15 is 0 Å². The molecule has 0 saturated heterocycles. The first-order valence-electron chi connectivity index (χ1n) is 6.22. The molecule has 5 nitrogen and oxygen atoms in total. The molecule has 0 unspecified atom stereocenters. The fourth-order valence-electron chi connectivity index (χ4n) is 1.66. The number of hydrogen-bond acceptors (Lipinski definition) is 4. The third kappa shape index (κ3) is 3.80. The van der Waals surface area contributed by atoms with Gasteiger partial charge in [-0.1, -0.05) is 28.8 Å². The van der Waals surface area contributed by atoms with Crippen LogP contribution in [0.2, 0.25) is 0 Å². The number of nitrogens with zero attached hydrogens (tertiary/aromatic N) is 3. The summed E-state index contributed by atoms with van der Waals surface area (Å²) in [6.45, 7) is 2.19. The second-order valence-corrected chi connectivity index (χ2v) is 5.33. The molecule has 0 saturated carbocycles. The lowest BCUT2D eigenvalue weighted by molar-refractivity contribution is 0.370. The molecule has 0 amide bonds. The van der Waals surface area contributed by atoms with E-state index in [9.17, 15) is 0 Å². The predicted molar refractivity (Wildman–Crippen MR) is 88.3 cm³/mol. The zero-order chi connectivity index (χ0) is 15.2. The van der Waals surface area contributed by atoms with E-state index in [0.29, 0.717) is 10.5 Å². The molecule has 108 valence electrons. The van der Waals surface area contributed by atoms with Crippen LogP contribution in [-0.4, -0.2) is 27.7 Å². The van der Waals surface area contributed by atoms with Crippen molar-refractivity contribution in [2.45, 2.75) is 13.3 Å². The van der Waals surface area contributed by atoms with Crippen molar-refractivity contribution in [3.05, 3.63) is 38.8 Å². The van der Waals surface area contributed by atoms with Gasteiger partial charge < -0.3 is 4.74 Å². The number of benzene rings is 1. The fraction of sp³-hybridized carbons (Fsp3) is 0.214. The van der Waals surface area contributed by atoms with E-state index in [1.54, 1.807) is 10.9 Å². The molecule has 1 heterocycles. The van der Waals surface area contributed by atoms with Crippen molar-refractivity contribution < 1.29 is 4.74 Å². The summed E-state index contributed by atoms with van der Waals surface area (Å²) in [5.41, 5.74) is 0.796. The Labute approximate surface area is 136 Å². The first kappa shape index (κ1) is 15.5. The van der Waals surface area contributed by atoms with E-state index in [2.05, 4.69) is 37.1 Å². The lowest BCUT2D eigenvalue weighted by atomic mass is 10.2. The maximum absolute atomic E-state index is 5.49. The topological polar surface area (TPSA) is 55.2 Å². The quantitative estimate of drug-likeness (QED) is 0.503. The highest BCUT2D eigenvalue weighted by molar-refractivity contribution is 9.10. The minimum atomic E-state index is 0.202. The summed E-state index contributed by atoms with van der Waals surface area (Å²) in [7, 11) is 0. The van der Waals surface area contributed by atoms with Gasteiger partial charge in [-0.25, -0.2) is 0 Å². The van der Waals surface area contributed by atoms with E-state index in [0.717, 1.165) is 22.3 Å². The van der Waals surface area contributed by atoms with Crippen molar-refractivity contribution in [1.82, 2.24) is 14.9 Å². The molecule has 2 rings (SSSR count). The minimum absolute atomic E-state index is 0.202. The average Bonchev–Trinajstić information content (AvgIpc) is 2.84. The number of aryl methyl sites for hydroxylation is 1. The van der Waals surface area contributed by atoms with Crippen molar-refractivity contribution in [3.63, 3.8) is 0 Å². The van der Waals surface area contributed by atoms with Gasteiger partial charge in [0.25, 0.3) is 0 Å². The monoisotopic (exact) mass is 364 g/mol. The fourth-order valence-corrected chi connectivity index (χ4v) is 2.24. The Bertz CT molecular complexity index is 757. The van der Waals surface area contributed by atoms with Crippen LogP contribution in [0.25, 0.3) is 0 Å². The van der Waals surface area contributed by atoms with Gasteiger partial charge in [-0.15, -0.1) is 6.42 Å². The molecule has 2 aromatic rings. The normalized spacial score (nSPS) is 10.7. The van der Waals surface area contributed by atoms with Gasteiger partial charge in [0.1, 0.15) is 12.4 Å². The predicted octanol–water partition coefficient (Wildman–Crippen LogP) is 3.16. The molecule has 0 bridgehead atoms. The number of ether oxygens (including phenoxy) is 1. The molecule has 0 aliphatic carbocycles. The number of rotatable bonds is 5. The van der Waals surface area contributed by atoms with Crippen molar-refractivity contribution in [2.75, 3.05) is 6.61 Å². The number of terminal acetylenes is 1. The van der Waals surface area contributed by atoms with E-state index in [-0.39, 0.29) is 6.61 Å². The van der Waals surface area contributed by atoms with Crippen LogP contribution in [0.5, 0.6) is 5.75 Å². The van der Waals surface area contributed by atoms with Gasteiger partial charge in [0.2, 0.25) is 4.77 Å². The summed E-state index contributed by atoms with van der Waals surface area (Å²) < 4.78 is 8.44. The molecule has 0 fully saturated rings. The second kappa shape index (κ2) is 7.20. The number of H-pyrrole nitrogens is 1. The Morgan fingerprint density at radius 2 is 2.43 bits per heavy atom. The molecular weight excluding hydrogens is 352 g/mol. The summed E-state index contributed by atoms with van der Waals surface area (Å²) in [5.74, 6) is 3.86. The first-order valence-corrected chi connectivity index (χ1v) is 7.42. The third-order valence-corrected chi connectivity index (χ3v) is 3.39. The van der Waals surface area contributed by atoms with Crippen LogP contribution in [0, 0.1) is 17.1 Å². The van der Waals surface area contributed by atoms with Crippen molar-refractivity contribution in [3.8, 4) is 18.1 Å². The third-order valence-electron chi connectivity index (χ3n) is 2.63. The first-order chi connectivity index (χ1) is 10.2. The Morgan fingerprint density at radius 1 is 1.62 bits per heavy atom. The van der Waals surface area contributed by atoms with Crippen molar-refractivity contribution in [2.24, 2.45) is 5.10 Å². The summed E-state index contributed by atoms with van der Waals surface area (Å²) in [6, 6.07) is 5.60. The molecule has 0 spiro atoms. The zero-order valence-electron chi connectivity index (χ0n) is 11.3. The highest BCUT2D eigenvalue weighted by Crippen LogP contribution is 2.21. The second-order valence-electron chi connectivity index (χ2n) is 4.03. The van der Waals surface area contributed by atoms with Crippen molar-refractivity contribution >= 4 is 34.4 Å². The van der Waals surface area contributed by atoms with Crippen LogP contribution in [0.4, 0.5) is 0 Å². The average molecular weight is 365 g/mol. The maximum atomic E-state index is 5.49. The highest BCUT2D eigenvalue weighted by Gasteiger charge is 2.04. The lowest BCUT2D eigenvalue weighted by Gasteiger charge is -2.06. The SMILES string of the molecule is C#CCOc1ccc(Br)cc1/C=N\n1c(CC)n[nH]c1=S. The summed E-state index contributed by atoms with van der Waals surface area (Å²) in [4.78, 5) is 0. The molecule has 1 aromatic heterocycles. The molecule has 0 aliphatic rings. The van der Waals surface area contributed by atoms with Gasteiger partial charge in [-0.3, -0.25) is 5.10 Å². The molecule has 7 heteroatoms. The Balaban J connectivity index is 2.36. The van der Waals surface area contributed by atoms with Crippen LogP contribution >= 0.6 is 28.1 Å². The van der Waals surface area contributed by atoms with Gasteiger partial charge in [0.15, 0.2) is 5.82 Å². The van der Waals surface area contributed by atoms with Gasteiger partial charge in [-0.05, 0) is 30.4 Å². The van der Waals surface area contributed by atoms with Crippen LogP contribution in [0.3, 0.4) is 0 Å². The van der Waals surface area contributed by atoms with E-state index in [1.165, 1.54) is 0 Å². The lowest BCUT2D eigenvalue weighted by Crippen LogP contribution is -2.00. The Morgan fingerprint density at radius 3 is 3.14 bits per heavy atom. The molecule has 0 radical (unpaired) electrons. The minimum Gasteiger partial charge on any atom is -0.480 e. The van der Waals surface area contributed by atoms with Crippen LogP contribution in [0.15, 0.2) is 27.8 Å².